The highest BCUT2D eigenvalue weighted by Crippen LogP contribution is 2.32. The molecule has 0 radical (unpaired) electrons. The number of hydrogen-bond acceptors (Lipinski definition) is 7. The number of hydrogen-bond donors (Lipinski definition) is 1. The van der Waals surface area contributed by atoms with E-state index in [0.717, 1.165) is 32.0 Å². The molecule has 4 rings (SSSR count). The van der Waals surface area contributed by atoms with E-state index in [0.29, 0.717) is 24.0 Å². The van der Waals surface area contributed by atoms with Gasteiger partial charge in [0.25, 0.3) is 0 Å². The molecule has 0 saturated carbocycles. The lowest BCUT2D eigenvalue weighted by Crippen LogP contribution is -2.45. The maximum Gasteiger partial charge on any atom is 0.229 e. The van der Waals surface area contributed by atoms with Crippen LogP contribution in [0, 0.1) is 0 Å². The zero-order valence-electron chi connectivity index (χ0n) is 14.8. The number of anilines is 2. The van der Waals surface area contributed by atoms with Crippen molar-refractivity contribution in [2.75, 3.05) is 37.8 Å². The van der Waals surface area contributed by atoms with Gasteiger partial charge in [0, 0.05) is 45.8 Å². The van der Waals surface area contributed by atoms with Crippen molar-refractivity contribution in [1.82, 2.24) is 24.8 Å². The third-order valence-electron chi connectivity index (χ3n) is 5.13. The van der Waals surface area contributed by atoms with E-state index in [-0.39, 0.29) is 0 Å². The van der Waals surface area contributed by atoms with Crippen molar-refractivity contribution >= 4 is 11.9 Å². The van der Waals surface area contributed by atoms with Crippen molar-refractivity contribution in [2.45, 2.75) is 31.6 Å². The summed E-state index contributed by atoms with van der Waals surface area (Å²) in [5, 5.41) is 0. The monoisotopic (exact) mass is 339 g/mol. The highest BCUT2D eigenvalue weighted by molar-refractivity contribution is 5.32. The van der Waals surface area contributed by atoms with Crippen molar-refractivity contribution in [3.05, 3.63) is 41.7 Å². The van der Waals surface area contributed by atoms with E-state index in [2.05, 4.69) is 55.1 Å². The minimum atomic E-state index is 0.295. The van der Waals surface area contributed by atoms with Crippen molar-refractivity contribution in [3.8, 4) is 0 Å². The first-order valence-electron chi connectivity index (χ1n) is 8.78. The second-order valence-corrected chi connectivity index (χ2v) is 7.19. The molecule has 0 amide bonds. The smallest absolute Gasteiger partial charge is 0.229 e. The normalized spacial score (nSPS) is 23.3. The molecule has 132 valence electrons. The van der Waals surface area contributed by atoms with Gasteiger partial charge in [0.1, 0.15) is 5.82 Å². The highest BCUT2D eigenvalue weighted by atomic mass is 15.4. The highest BCUT2D eigenvalue weighted by Gasteiger charge is 2.43. The van der Waals surface area contributed by atoms with Gasteiger partial charge < -0.3 is 10.6 Å². The van der Waals surface area contributed by atoms with Crippen LogP contribution in [0.15, 0.2) is 30.3 Å². The van der Waals surface area contributed by atoms with E-state index >= 15 is 0 Å². The Morgan fingerprint density at radius 1 is 1.00 bits per heavy atom. The predicted octanol–water partition coefficient (Wildman–Crippen LogP) is 0.979. The second-order valence-electron chi connectivity index (χ2n) is 7.19. The van der Waals surface area contributed by atoms with E-state index in [1.165, 1.54) is 12.0 Å². The lowest BCUT2D eigenvalue weighted by Gasteiger charge is -2.33. The zero-order valence-corrected chi connectivity index (χ0v) is 14.8. The number of benzene rings is 1. The van der Waals surface area contributed by atoms with Gasteiger partial charge in [-0.15, -0.1) is 0 Å². The molecule has 2 saturated heterocycles. The summed E-state index contributed by atoms with van der Waals surface area (Å²) in [6.45, 7) is 3.97. The molecule has 25 heavy (non-hydrogen) atoms. The lowest BCUT2D eigenvalue weighted by molar-refractivity contribution is 0.116. The third-order valence-corrected chi connectivity index (χ3v) is 5.13. The number of piperazine rings is 1. The maximum atomic E-state index is 5.84. The topological polar surface area (TPSA) is 74.4 Å². The Hall–Kier alpha value is -2.25. The fourth-order valence-corrected chi connectivity index (χ4v) is 3.91. The average Bonchev–Trinajstić information content (AvgIpc) is 3.15. The predicted molar refractivity (Wildman–Crippen MR) is 98.0 cm³/mol. The van der Waals surface area contributed by atoms with Crippen molar-refractivity contribution in [1.29, 1.82) is 0 Å². The number of aromatic nitrogens is 3. The average molecular weight is 339 g/mol. The molecule has 2 N–H and O–H groups in total. The summed E-state index contributed by atoms with van der Waals surface area (Å²) in [5.74, 6) is 1.68. The summed E-state index contributed by atoms with van der Waals surface area (Å²) in [4.78, 5) is 20.0. The molecule has 1 aromatic heterocycles. The van der Waals surface area contributed by atoms with Gasteiger partial charge in [-0.2, -0.15) is 15.0 Å². The quantitative estimate of drug-likeness (QED) is 0.870. The van der Waals surface area contributed by atoms with E-state index in [1.807, 2.05) is 19.0 Å². The first-order valence-corrected chi connectivity index (χ1v) is 8.78. The maximum absolute atomic E-state index is 5.84. The minimum absolute atomic E-state index is 0.295. The molecule has 2 aromatic rings. The Morgan fingerprint density at radius 3 is 2.32 bits per heavy atom. The van der Waals surface area contributed by atoms with Gasteiger partial charge in [-0.05, 0) is 12.0 Å². The largest absolute Gasteiger partial charge is 0.368 e. The van der Waals surface area contributed by atoms with Crippen LogP contribution in [0.5, 0.6) is 0 Å². The molecule has 0 spiro atoms. The number of fused-ring (bicyclic) bond motifs is 2. The van der Waals surface area contributed by atoms with Crippen LogP contribution in [0.4, 0.5) is 11.9 Å². The molecule has 3 heterocycles. The molecule has 2 aliphatic rings. The Balaban J connectivity index is 1.40. The van der Waals surface area contributed by atoms with Crippen LogP contribution < -0.4 is 10.6 Å². The van der Waals surface area contributed by atoms with Gasteiger partial charge in [-0.1, -0.05) is 30.3 Å². The molecule has 1 aromatic carbocycles. The lowest BCUT2D eigenvalue weighted by atomic mass is 10.2. The zero-order chi connectivity index (χ0) is 17.4. The number of rotatable bonds is 5. The molecule has 7 nitrogen and oxygen atoms in total. The number of nitrogen functional groups attached to an aromatic ring is 1. The Kier molecular flexibility index (Phi) is 4.27. The minimum Gasteiger partial charge on any atom is -0.368 e. The number of likely N-dealkylation sites (tertiary alicyclic amines) is 2. The van der Waals surface area contributed by atoms with Crippen LogP contribution >= 0.6 is 0 Å². The van der Waals surface area contributed by atoms with E-state index in [9.17, 15) is 0 Å². The van der Waals surface area contributed by atoms with Crippen molar-refractivity contribution in [3.63, 3.8) is 0 Å². The van der Waals surface area contributed by atoms with Gasteiger partial charge in [0.2, 0.25) is 11.9 Å². The fourth-order valence-electron chi connectivity index (χ4n) is 3.91. The van der Waals surface area contributed by atoms with Crippen LogP contribution in [-0.4, -0.2) is 64.0 Å². The van der Waals surface area contributed by atoms with E-state index in [1.54, 1.807) is 0 Å². The SMILES string of the molecule is CN(C)c1nc(N)nc(CN2CC3CC2CN3Cc2ccccc2)n1. The molecular weight excluding hydrogens is 314 g/mol. The van der Waals surface area contributed by atoms with Gasteiger partial charge >= 0.3 is 0 Å². The van der Waals surface area contributed by atoms with Gasteiger partial charge in [0.05, 0.1) is 6.54 Å². The summed E-state index contributed by atoms with van der Waals surface area (Å²) in [6.07, 6.45) is 1.23. The van der Waals surface area contributed by atoms with Gasteiger partial charge in [-0.3, -0.25) is 9.80 Å². The van der Waals surface area contributed by atoms with Crippen LogP contribution in [0.1, 0.15) is 17.8 Å². The molecule has 2 fully saturated rings. The van der Waals surface area contributed by atoms with Crippen molar-refractivity contribution < 1.29 is 0 Å². The van der Waals surface area contributed by atoms with Crippen LogP contribution in [0.3, 0.4) is 0 Å². The summed E-state index contributed by atoms with van der Waals surface area (Å²) in [6, 6.07) is 11.9. The first-order chi connectivity index (χ1) is 12.1. The summed E-state index contributed by atoms with van der Waals surface area (Å²) in [5.41, 5.74) is 7.23. The standard InChI is InChI=1S/C18H25N7/c1-23(2)18-21-16(20-17(19)22-18)12-25-11-14-8-15(25)10-24(14)9-13-6-4-3-5-7-13/h3-7,14-15H,8-12H2,1-2H3,(H2,19,20,21,22). The Morgan fingerprint density at radius 2 is 1.68 bits per heavy atom. The second kappa shape index (κ2) is 6.57. The molecule has 7 heteroatoms. The molecule has 0 aliphatic carbocycles. The van der Waals surface area contributed by atoms with Gasteiger partial charge in [-0.25, -0.2) is 0 Å². The third kappa shape index (κ3) is 3.43. The summed E-state index contributed by atoms with van der Waals surface area (Å²) >= 11 is 0. The first kappa shape index (κ1) is 16.2. The van der Waals surface area contributed by atoms with Crippen LogP contribution in [0.25, 0.3) is 0 Å². The summed E-state index contributed by atoms with van der Waals surface area (Å²) < 4.78 is 0. The Labute approximate surface area is 148 Å². The van der Waals surface area contributed by atoms with Crippen molar-refractivity contribution in [2.24, 2.45) is 0 Å². The number of nitrogens with zero attached hydrogens (tertiary/aromatic N) is 6. The fraction of sp³-hybridized carbons (Fsp3) is 0.500. The number of nitrogens with two attached hydrogens (primary N) is 1. The molecule has 2 bridgehead atoms. The van der Waals surface area contributed by atoms with E-state index in [4.69, 9.17) is 5.73 Å². The Bertz CT molecular complexity index is 733. The van der Waals surface area contributed by atoms with Crippen LogP contribution in [0.2, 0.25) is 0 Å². The molecule has 2 atom stereocenters. The van der Waals surface area contributed by atoms with E-state index < -0.39 is 0 Å². The molecular formula is C18H25N7. The molecule has 2 aliphatic heterocycles. The van der Waals surface area contributed by atoms with Crippen LogP contribution in [-0.2, 0) is 13.1 Å². The van der Waals surface area contributed by atoms with Gasteiger partial charge in [0.15, 0.2) is 0 Å². The molecule has 2 unspecified atom stereocenters. The summed E-state index contributed by atoms with van der Waals surface area (Å²) in [7, 11) is 3.83.